The number of nitrogens with two attached hydrogens (primary N) is 1. The minimum atomic E-state index is 0.495. The largest absolute Gasteiger partial charge is 0.490 e. The first-order valence-electron chi connectivity index (χ1n) is 6.81. The van der Waals surface area contributed by atoms with E-state index in [1.807, 2.05) is 38.2 Å². The second-order valence-electron chi connectivity index (χ2n) is 4.43. The van der Waals surface area contributed by atoms with Crippen molar-refractivity contribution in [3.05, 3.63) is 42.0 Å². The summed E-state index contributed by atoms with van der Waals surface area (Å²) in [6.45, 7) is 6.35. The highest BCUT2D eigenvalue weighted by molar-refractivity contribution is 5.43. The number of rotatable bonds is 7. The maximum Gasteiger partial charge on any atom is 0.161 e. The van der Waals surface area contributed by atoms with Crippen LogP contribution in [-0.4, -0.2) is 22.8 Å². The van der Waals surface area contributed by atoms with Gasteiger partial charge in [-0.1, -0.05) is 6.07 Å². The minimum absolute atomic E-state index is 0.495. The molecule has 0 atom stereocenters. The quantitative estimate of drug-likeness (QED) is 0.841. The molecule has 0 aliphatic heterocycles. The van der Waals surface area contributed by atoms with Crippen LogP contribution < -0.4 is 15.2 Å². The molecule has 5 heteroatoms. The van der Waals surface area contributed by atoms with Gasteiger partial charge in [0.05, 0.1) is 13.2 Å². The highest BCUT2D eigenvalue weighted by atomic mass is 16.5. The molecular weight excluding hydrogens is 254 g/mol. The van der Waals surface area contributed by atoms with E-state index in [1.165, 1.54) is 0 Å². The van der Waals surface area contributed by atoms with Crippen LogP contribution in [0.1, 0.15) is 18.3 Å². The van der Waals surface area contributed by atoms with Crippen LogP contribution in [0.4, 0.5) is 0 Å². The lowest BCUT2D eigenvalue weighted by molar-refractivity contribution is 0.265. The summed E-state index contributed by atoms with van der Waals surface area (Å²) in [5.41, 5.74) is 6.67. The topological polar surface area (TPSA) is 62.3 Å². The van der Waals surface area contributed by atoms with Crippen LogP contribution in [0.25, 0.3) is 0 Å². The third-order valence-electron chi connectivity index (χ3n) is 3.06. The molecule has 0 aliphatic rings. The summed E-state index contributed by atoms with van der Waals surface area (Å²) in [6, 6.07) is 5.80. The standard InChI is InChI=1S/C15H21N3O2/c1-3-19-15-10-13(11-16)4-5-14(15)20-9-8-18-7-6-17-12(18)2/h4-7,10H,3,8-9,11,16H2,1-2H3. The van der Waals surface area contributed by atoms with Gasteiger partial charge in [0.1, 0.15) is 12.4 Å². The van der Waals surface area contributed by atoms with Crippen molar-refractivity contribution in [2.45, 2.75) is 26.9 Å². The monoisotopic (exact) mass is 275 g/mol. The van der Waals surface area contributed by atoms with Crippen LogP contribution in [0.5, 0.6) is 11.5 Å². The Labute approximate surface area is 119 Å². The fraction of sp³-hybridized carbons (Fsp3) is 0.400. The zero-order chi connectivity index (χ0) is 14.4. The molecule has 0 aliphatic carbocycles. The van der Waals surface area contributed by atoms with Gasteiger partial charge in [-0.3, -0.25) is 0 Å². The fourth-order valence-electron chi connectivity index (χ4n) is 1.96. The van der Waals surface area contributed by atoms with Gasteiger partial charge in [-0.05, 0) is 31.5 Å². The van der Waals surface area contributed by atoms with Gasteiger partial charge in [0, 0.05) is 18.9 Å². The Bertz CT molecular complexity index is 552. The van der Waals surface area contributed by atoms with E-state index in [1.54, 1.807) is 6.20 Å². The van der Waals surface area contributed by atoms with Gasteiger partial charge < -0.3 is 19.8 Å². The Kier molecular flexibility index (Phi) is 5.01. The van der Waals surface area contributed by atoms with E-state index >= 15 is 0 Å². The number of nitrogens with zero attached hydrogens (tertiary/aromatic N) is 2. The van der Waals surface area contributed by atoms with Crippen molar-refractivity contribution >= 4 is 0 Å². The normalized spacial score (nSPS) is 10.6. The van der Waals surface area contributed by atoms with Gasteiger partial charge in [-0.2, -0.15) is 0 Å². The summed E-state index contributed by atoms with van der Waals surface area (Å²) < 4.78 is 13.4. The molecule has 2 N–H and O–H groups in total. The average molecular weight is 275 g/mol. The zero-order valence-electron chi connectivity index (χ0n) is 12.0. The maximum atomic E-state index is 5.80. The molecule has 2 aromatic rings. The molecule has 1 heterocycles. The Balaban J connectivity index is 1.99. The van der Waals surface area contributed by atoms with E-state index in [9.17, 15) is 0 Å². The summed E-state index contributed by atoms with van der Waals surface area (Å²) in [7, 11) is 0. The lowest BCUT2D eigenvalue weighted by Gasteiger charge is -2.13. The van der Waals surface area contributed by atoms with Gasteiger partial charge in [0.15, 0.2) is 11.5 Å². The molecule has 1 aromatic heterocycles. The van der Waals surface area contributed by atoms with Crippen LogP contribution in [0.3, 0.4) is 0 Å². The maximum absolute atomic E-state index is 5.80. The molecule has 0 amide bonds. The van der Waals surface area contributed by atoms with E-state index < -0.39 is 0 Å². The number of aryl methyl sites for hydroxylation is 1. The molecule has 0 fully saturated rings. The zero-order valence-corrected chi connectivity index (χ0v) is 12.0. The summed E-state index contributed by atoms with van der Waals surface area (Å²) in [5.74, 6) is 2.48. The van der Waals surface area contributed by atoms with Crippen molar-refractivity contribution in [1.29, 1.82) is 0 Å². The van der Waals surface area contributed by atoms with Crippen molar-refractivity contribution in [3.8, 4) is 11.5 Å². The summed E-state index contributed by atoms with van der Waals surface area (Å²) in [5, 5.41) is 0. The molecule has 0 spiro atoms. The SMILES string of the molecule is CCOc1cc(CN)ccc1OCCn1ccnc1C. The molecule has 20 heavy (non-hydrogen) atoms. The molecule has 0 saturated heterocycles. The molecule has 5 nitrogen and oxygen atoms in total. The predicted octanol–water partition coefficient (Wildman–Crippen LogP) is 2.13. The molecule has 0 saturated carbocycles. The first-order valence-corrected chi connectivity index (χ1v) is 6.81. The van der Waals surface area contributed by atoms with E-state index in [4.69, 9.17) is 15.2 Å². The van der Waals surface area contributed by atoms with Crippen molar-refractivity contribution < 1.29 is 9.47 Å². The molecular formula is C15H21N3O2. The van der Waals surface area contributed by atoms with Crippen molar-refractivity contribution in [2.75, 3.05) is 13.2 Å². The third kappa shape index (κ3) is 3.51. The van der Waals surface area contributed by atoms with Crippen molar-refractivity contribution in [2.24, 2.45) is 5.73 Å². The van der Waals surface area contributed by atoms with Crippen LogP contribution in [0.2, 0.25) is 0 Å². The fourth-order valence-corrected chi connectivity index (χ4v) is 1.96. The van der Waals surface area contributed by atoms with Crippen molar-refractivity contribution in [3.63, 3.8) is 0 Å². The molecule has 0 unspecified atom stereocenters. The Morgan fingerprint density at radius 1 is 1.25 bits per heavy atom. The smallest absolute Gasteiger partial charge is 0.161 e. The number of hydrogen-bond acceptors (Lipinski definition) is 4. The summed E-state index contributed by atoms with van der Waals surface area (Å²) in [6.07, 6.45) is 3.73. The van der Waals surface area contributed by atoms with Crippen LogP contribution in [0.15, 0.2) is 30.6 Å². The number of ether oxygens (including phenoxy) is 2. The number of hydrogen-bond donors (Lipinski definition) is 1. The van der Waals surface area contributed by atoms with Crippen LogP contribution in [0, 0.1) is 6.92 Å². The highest BCUT2D eigenvalue weighted by Crippen LogP contribution is 2.28. The Hall–Kier alpha value is -2.01. The van der Waals surface area contributed by atoms with Gasteiger partial charge in [0.25, 0.3) is 0 Å². The lowest BCUT2D eigenvalue weighted by Crippen LogP contribution is -2.10. The van der Waals surface area contributed by atoms with E-state index in [2.05, 4.69) is 9.55 Å². The molecule has 0 radical (unpaired) electrons. The molecule has 1 aromatic carbocycles. The predicted molar refractivity (Wildman–Crippen MR) is 78.0 cm³/mol. The van der Waals surface area contributed by atoms with E-state index in [0.717, 1.165) is 29.4 Å². The van der Waals surface area contributed by atoms with Gasteiger partial charge in [-0.25, -0.2) is 4.98 Å². The first kappa shape index (κ1) is 14.4. The number of benzene rings is 1. The summed E-state index contributed by atoms with van der Waals surface area (Å²) in [4.78, 5) is 4.18. The van der Waals surface area contributed by atoms with E-state index in [0.29, 0.717) is 19.8 Å². The molecule has 108 valence electrons. The Morgan fingerprint density at radius 2 is 2.10 bits per heavy atom. The van der Waals surface area contributed by atoms with Crippen LogP contribution in [-0.2, 0) is 13.1 Å². The first-order chi connectivity index (χ1) is 9.74. The highest BCUT2D eigenvalue weighted by Gasteiger charge is 2.06. The molecule has 0 bridgehead atoms. The number of imidazole rings is 1. The number of aromatic nitrogens is 2. The molecule has 2 rings (SSSR count). The second kappa shape index (κ2) is 6.96. The summed E-state index contributed by atoms with van der Waals surface area (Å²) >= 11 is 0. The second-order valence-corrected chi connectivity index (χ2v) is 4.43. The van der Waals surface area contributed by atoms with Gasteiger partial charge >= 0.3 is 0 Å². The van der Waals surface area contributed by atoms with Gasteiger partial charge in [0.2, 0.25) is 0 Å². The van der Waals surface area contributed by atoms with E-state index in [-0.39, 0.29) is 0 Å². The third-order valence-corrected chi connectivity index (χ3v) is 3.06. The lowest BCUT2D eigenvalue weighted by atomic mass is 10.2. The van der Waals surface area contributed by atoms with Gasteiger partial charge in [-0.15, -0.1) is 0 Å². The Morgan fingerprint density at radius 3 is 2.75 bits per heavy atom. The van der Waals surface area contributed by atoms with Crippen molar-refractivity contribution in [1.82, 2.24) is 9.55 Å². The van der Waals surface area contributed by atoms with Crippen LogP contribution >= 0.6 is 0 Å². The minimum Gasteiger partial charge on any atom is -0.490 e. The average Bonchev–Trinajstić information content (AvgIpc) is 2.86.